The molecule has 1 aliphatic heterocycles. The van der Waals surface area contributed by atoms with Crippen molar-refractivity contribution in [1.82, 2.24) is 10.2 Å². The number of ether oxygens (including phenoxy) is 1. The predicted molar refractivity (Wildman–Crippen MR) is 73.0 cm³/mol. The van der Waals surface area contributed by atoms with Crippen molar-refractivity contribution in [3.63, 3.8) is 0 Å². The van der Waals surface area contributed by atoms with Crippen LogP contribution in [0.4, 0.5) is 4.79 Å². The molecular weight excluding hydrogens is 232 g/mol. The summed E-state index contributed by atoms with van der Waals surface area (Å²) in [7, 11) is 0. The molecule has 0 saturated carbocycles. The first-order valence-electron chi connectivity index (χ1n) is 6.58. The van der Waals surface area contributed by atoms with Crippen LogP contribution in [0.3, 0.4) is 0 Å². The average molecular weight is 258 g/mol. The van der Waals surface area contributed by atoms with E-state index in [1.807, 2.05) is 6.08 Å². The van der Waals surface area contributed by atoms with Gasteiger partial charge in [-0.3, -0.25) is 0 Å². The molecule has 0 aromatic rings. The van der Waals surface area contributed by atoms with Crippen LogP contribution in [-0.4, -0.2) is 55.5 Å². The smallest absolute Gasteiger partial charge is 0.404 e. The fourth-order valence-electron chi connectivity index (χ4n) is 1.59. The van der Waals surface area contributed by atoms with Gasteiger partial charge in [0.2, 0.25) is 0 Å². The van der Waals surface area contributed by atoms with Gasteiger partial charge >= 0.3 is 6.09 Å². The molecule has 0 aromatic heterocycles. The van der Waals surface area contributed by atoms with Gasteiger partial charge in [0.1, 0.15) is 0 Å². The van der Waals surface area contributed by atoms with Gasteiger partial charge in [0, 0.05) is 6.54 Å². The Morgan fingerprint density at radius 2 is 2.00 bits per heavy atom. The van der Waals surface area contributed by atoms with Crippen LogP contribution in [0.15, 0.2) is 11.6 Å². The van der Waals surface area contributed by atoms with Crippen molar-refractivity contribution >= 4 is 6.09 Å². The topological polar surface area (TPSA) is 61.8 Å². The molecule has 0 unspecified atom stereocenters. The number of nitrogens with zero attached hydrogens (tertiary/aromatic N) is 1. The van der Waals surface area contributed by atoms with Gasteiger partial charge in [-0.25, -0.2) is 4.79 Å². The molecule has 1 heterocycles. The number of hydrogen-bond donors (Lipinski definition) is 2. The number of amides is 1. The first-order valence-corrected chi connectivity index (χ1v) is 6.58. The highest BCUT2D eigenvalue weighted by Crippen LogP contribution is 2.05. The highest BCUT2D eigenvalue weighted by molar-refractivity contribution is 5.64. The lowest BCUT2D eigenvalue weighted by atomic mass is 10.1. The summed E-state index contributed by atoms with van der Waals surface area (Å²) >= 11 is 0. The Morgan fingerprint density at radius 3 is 2.33 bits per heavy atom. The fraction of sp³-hybridized carbons (Fsp3) is 0.769. The van der Waals surface area contributed by atoms with E-state index >= 15 is 0 Å². The summed E-state index contributed by atoms with van der Waals surface area (Å²) in [6.45, 7) is 11.9. The molecule has 0 aliphatic carbocycles. The molecule has 1 rings (SSSR count). The zero-order chi connectivity index (χ0) is 13.8. The molecule has 0 spiro atoms. The SMILES string of the molecule is CCN(CC)CC.O=C(O)NCC1=CCOCC1. The van der Waals surface area contributed by atoms with Crippen LogP contribution in [0.2, 0.25) is 0 Å². The molecule has 106 valence electrons. The fourth-order valence-corrected chi connectivity index (χ4v) is 1.59. The van der Waals surface area contributed by atoms with E-state index in [9.17, 15) is 4.79 Å². The van der Waals surface area contributed by atoms with Gasteiger partial charge in [0.05, 0.1) is 13.2 Å². The van der Waals surface area contributed by atoms with E-state index in [4.69, 9.17) is 9.84 Å². The molecule has 0 saturated heterocycles. The minimum Gasteiger partial charge on any atom is -0.465 e. The summed E-state index contributed by atoms with van der Waals surface area (Å²) in [6, 6.07) is 0. The highest BCUT2D eigenvalue weighted by atomic mass is 16.5. The van der Waals surface area contributed by atoms with Crippen LogP contribution in [-0.2, 0) is 4.74 Å². The summed E-state index contributed by atoms with van der Waals surface area (Å²) in [6.07, 6.45) is 1.78. The zero-order valence-corrected chi connectivity index (χ0v) is 11.7. The summed E-state index contributed by atoms with van der Waals surface area (Å²) in [4.78, 5) is 12.4. The largest absolute Gasteiger partial charge is 0.465 e. The van der Waals surface area contributed by atoms with E-state index in [0.717, 1.165) is 12.0 Å². The molecule has 2 N–H and O–H groups in total. The lowest BCUT2D eigenvalue weighted by Crippen LogP contribution is -2.24. The number of nitrogens with one attached hydrogen (secondary N) is 1. The molecule has 1 aliphatic rings. The zero-order valence-electron chi connectivity index (χ0n) is 11.7. The third kappa shape index (κ3) is 9.01. The minimum atomic E-state index is -0.975. The number of rotatable bonds is 5. The van der Waals surface area contributed by atoms with Crippen LogP contribution in [0.25, 0.3) is 0 Å². The quantitative estimate of drug-likeness (QED) is 0.740. The molecular formula is C13H26N2O3. The summed E-state index contributed by atoms with van der Waals surface area (Å²) < 4.78 is 5.05. The maximum atomic E-state index is 10.1. The van der Waals surface area contributed by atoms with E-state index in [0.29, 0.717) is 19.8 Å². The molecule has 0 atom stereocenters. The van der Waals surface area contributed by atoms with Gasteiger partial charge < -0.3 is 20.1 Å². The van der Waals surface area contributed by atoms with Crippen molar-refractivity contribution in [3.8, 4) is 0 Å². The Bertz CT molecular complexity index is 245. The first-order chi connectivity index (χ1) is 8.63. The van der Waals surface area contributed by atoms with Crippen molar-refractivity contribution in [3.05, 3.63) is 11.6 Å². The molecule has 5 nitrogen and oxygen atoms in total. The van der Waals surface area contributed by atoms with E-state index < -0.39 is 6.09 Å². The van der Waals surface area contributed by atoms with Crippen LogP contribution < -0.4 is 5.32 Å². The molecule has 1 amide bonds. The molecule has 0 radical (unpaired) electrons. The Morgan fingerprint density at radius 1 is 1.39 bits per heavy atom. The summed E-state index contributed by atoms with van der Waals surface area (Å²) in [5, 5.41) is 10.6. The van der Waals surface area contributed by atoms with E-state index in [1.54, 1.807) is 0 Å². The van der Waals surface area contributed by atoms with Gasteiger partial charge in [-0.05, 0) is 26.1 Å². The Kier molecular flexibility index (Phi) is 10.4. The molecule has 5 heteroatoms. The Labute approximate surface area is 110 Å². The van der Waals surface area contributed by atoms with Crippen LogP contribution in [0.1, 0.15) is 27.2 Å². The second-order valence-electron chi connectivity index (χ2n) is 3.97. The summed E-state index contributed by atoms with van der Waals surface area (Å²) in [5.41, 5.74) is 1.11. The predicted octanol–water partition coefficient (Wildman–Crippen LogP) is 1.95. The van der Waals surface area contributed by atoms with Crippen molar-refractivity contribution in [2.75, 3.05) is 39.4 Å². The second-order valence-corrected chi connectivity index (χ2v) is 3.97. The monoisotopic (exact) mass is 258 g/mol. The third-order valence-corrected chi connectivity index (χ3v) is 2.87. The van der Waals surface area contributed by atoms with E-state index in [1.165, 1.54) is 19.6 Å². The van der Waals surface area contributed by atoms with Crippen LogP contribution in [0, 0.1) is 0 Å². The van der Waals surface area contributed by atoms with Gasteiger partial charge in [-0.2, -0.15) is 0 Å². The number of carboxylic acid groups (broad SMARTS) is 1. The first kappa shape index (κ1) is 16.9. The lowest BCUT2D eigenvalue weighted by molar-refractivity contribution is 0.153. The highest BCUT2D eigenvalue weighted by Gasteiger charge is 2.03. The number of carbonyl (C=O) groups is 1. The lowest BCUT2D eigenvalue weighted by Gasteiger charge is -2.13. The van der Waals surface area contributed by atoms with Crippen molar-refractivity contribution < 1.29 is 14.6 Å². The van der Waals surface area contributed by atoms with Crippen LogP contribution >= 0.6 is 0 Å². The third-order valence-electron chi connectivity index (χ3n) is 2.87. The maximum Gasteiger partial charge on any atom is 0.404 e. The van der Waals surface area contributed by atoms with Gasteiger partial charge in [-0.15, -0.1) is 0 Å². The van der Waals surface area contributed by atoms with Crippen molar-refractivity contribution in [2.45, 2.75) is 27.2 Å². The maximum absolute atomic E-state index is 10.1. The molecule has 0 aromatic carbocycles. The standard InChI is InChI=1S/C7H11NO3.C6H15N/c9-7(10)8-5-6-1-3-11-4-2-6;1-4-7(5-2)6-3/h1,8H,2-5H2,(H,9,10);4-6H2,1-3H3. The molecule has 18 heavy (non-hydrogen) atoms. The van der Waals surface area contributed by atoms with Crippen LogP contribution in [0.5, 0.6) is 0 Å². The Balaban J connectivity index is 0.000000360. The minimum absolute atomic E-state index is 0.429. The van der Waals surface area contributed by atoms with E-state index in [-0.39, 0.29) is 0 Å². The van der Waals surface area contributed by atoms with E-state index in [2.05, 4.69) is 31.0 Å². The van der Waals surface area contributed by atoms with Crippen molar-refractivity contribution in [2.24, 2.45) is 0 Å². The average Bonchev–Trinajstić information content (AvgIpc) is 2.40. The van der Waals surface area contributed by atoms with Gasteiger partial charge in [0.25, 0.3) is 0 Å². The Hall–Kier alpha value is -1.07. The summed E-state index contributed by atoms with van der Waals surface area (Å²) in [5.74, 6) is 0. The van der Waals surface area contributed by atoms with Crippen molar-refractivity contribution in [1.29, 1.82) is 0 Å². The van der Waals surface area contributed by atoms with Gasteiger partial charge in [-0.1, -0.05) is 32.4 Å². The normalized spacial score (nSPS) is 14.6. The molecule has 0 bridgehead atoms. The molecule has 0 fully saturated rings. The van der Waals surface area contributed by atoms with Gasteiger partial charge in [0.15, 0.2) is 0 Å². The second kappa shape index (κ2) is 11.0. The number of hydrogen-bond acceptors (Lipinski definition) is 3.